The number of hydrogen-bond donors (Lipinski definition) is 1. The van der Waals surface area contributed by atoms with Crippen LogP contribution in [0.2, 0.25) is 0 Å². The minimum Gasteiger partial charge on any atom is -0.340 e. The van der Waals surface area contributed by atoms with Crippen LogP contribution in [0.4, 0.5) is 4.39 Å². The second-order valence-electron chi connectivity index (χ2n) is 7.83. The van der Waals surface area contributed by atoms with Crippen molar-refractivity contribution in [1.82, 2.24) is 14.5 Å². The molecule has 174 valence electrons. The zero-order valence-electron chi connectivity index (χ0n) is 18.2. The molecule has 1 unspecified atom stereocenters. The smallest absolute Gasteiger partial charge is 0.244 e. The van der Waals surface area contributed by atoms with Gasteiger partial charge in [0.1, 0.15) is 16.8 Å². The quantitative estimate of drug-likeness (QED) is 0.599. The minimum absolute atomic E-state index is 0.250. The van der Waals surface area contributed by atoms with E-state index in [1.165, 1.54) is 35.5 Å². The predicted molar refractivity (Wildman–Crippen MR) is 126 cm³/mol. The molecule has 9 heteroatoms. The third-order valence-electron chi connectivity index (χ3n) is 5.48. The van der Waals surface area contributed by atoms with Gasteiger partial charge < -0.3 is 4.90 Å². The van der Waals surface area contributed by atoms with Crippen LogP contribution in [-0.2, 0) is 21.4 Å². The van der Waals surface area contributed by atoms with Crippen molar-refractivity contribution in [2.75, 3.05) is 38.2 Å². The van der Waals surface area contributed by atoms with Crippen LogP contribution in [0, 0.1) is 5.82 Å². The molecule has 1 saturated heterocycles. The third kappa shape index (κ3) is 6.78. The molecule has 1 aliphatic heterocycles. The van der Waals surface area contributed by atoms with Gasteiger partial charge >= 0.3 is 0 Å². The highest BCUT2D eigenvalue weighted by Crippen LogP contribution is 2.17. The molecule has 2 aromatic carbocycles. The number of carbonyl (C=O) groups is 1. The number of amides is 1. The SMILES string of the molecule is CSCCC(NS(=O)(=O)c1ccccc1F)C(=O)N1CCCN(Cc2ccccc2)CC1. The highest BCUT2D eigenvalue weighted by atomic mass is 32.2. The normalized spacial score (nSPS) is 16.5. The molecule has 3 rings (SSSR count). The molecule has 6 nitrogen and oxygen atoms in total. The van der Waals surface area contributed by atoms with Gasteiger partial charge in [0.05, 0.1) is 0 Å². The molecule has 32 heavy (non-hydrogen) atoms. The van der Waals surface area contributed by atoms with Gasteiger partial charge in [-0.3, -0.25) is 9.69 Å². The van der Waals surface area contributed by atoms with Gasteiger partial charge in [-0.25, -0.2) is 12.8 Å². The monoisotopic (exact) mass is 479 g/mol. The lowest BCUT2D eigenvalue weighted by atomic mass is 10.2. The fraction of sp³-hybridized carbons (Fsp3) is 0.435. The van der Waals surface area contributed by atoms with E-state index in [4.69, 9.17) is 0 Å². The van der Waals surface area contributed by atoms with E-state index < -0.39 is 26.8 Å². The number of rotatable bonds is 9. The molecular weight excluding hydrogens is 449 g/mol. The molecule has 0 spiro atoms. The lowest BCUT2D eigenvalue weighted by Gasteiger charge is -2.27. The Kier molecular flexibility index (Phi) is 9.10. The Morgan fingerprint density at radius 2 is 1.78 bits per heavy atom. The molecule has 0 saturated carbocycles. The molecule has 1 heterocycles. The zero-order chi connectivity index (χ0) is 23.0. The lowest BCUT2D eigenvalue weighted by Crippen LogP contribution is -2.49. The summed E-state index contributed by atoms with van der Waals surface area (Å²) in [5, 5.41) is 0. The first kappa shape index (κ1) is 24.7. The van der Waals surface area contributed by atoms with Crippen LogP contribution >= 0.6 is 11.8 Å². The Bertz CT molecular complexity index is 989. The van der Waals surface area contributed by atoms with Crippen molar-refractivity contribution in [2.45, 2.75) is 30.3 Å². The van der Waals surface area contributed by atoms with E-state index in [9.17, 15) is 17.6 Å². The Hall–Kier alpha value is -1.94. The molecule has 0 bridgehead atoms. The van der Waals surface area contributed by atoms with Crippen LogP contribution < -0.4 is 4.72 Å². The number of nitrogens with zero attached hydrogens (tertiary/aromatic N) is 2. The van der Waals surface area contributed by atoms with Gasteiger partial charge in [0.15, 0.2) is 0 Å². The number of hydrogen-bond acceptors (Lipinski definition) is 5. The summed E-state index contributed by atoms with van der Waals surface area (Å²) in [7, 11) is -4.16. The van der Waals surface area contributed by atoms with Crippen LogP contribution in [0.3, 0.4) is 0 Å². The summed E-state index contributed by atoms with van der Waals surface area (Å²) in [6.45, 7) is 3.51. The van der Waals surface area contributed by atoms with E-state index >= 15 is 0 Å². The van der Waals surface area contributed by atoms with Crippen LogP contribution in [0.15, 0.2) is 59.5 Å². The highest BCUT2D eigenvalue weighted by molar-refractivity contribution is 7.98. The summed E-state index contributed by atoms with van der Waals surface area (Å²) in [4.78, 5) is 16.9. The molecule has 2 aromatic rings. The first-order chi connectivity index (χ1) is 15.4. The minimum atomic E-state index is -4.16. The van der Waals surface area contributed by atoms with Gasteiger partial charge in [-0.15, -0.1) is 0 Å². The van der Waals surface area contributed by atoms with E-state index in [0.717, 1.165) is 32.1 Å². The molecule has 1 atom stereocenters. The van der Waals surface area contributed by atoms with Gasteiger partial charge in [0.25, 0.3) is 0 Å². The van der Waals surface area contributed by atoms with Crippen molar-refractivity contribution < 1.29 is 17.6 Å². The second kappa shape index (κ2) is 11.8. The molecule has 1 aliphatic rings. The molecule has 1 amide bonds. The Morgan fingerprint density at radius 1 is 1.06 bits per heavy atom. The fourth-order valence-electron chi connectivity index (χ4n) is 3.79. The van der Waals surface area contributed by atoms with Crippen molar-refractivity contribution in [3.05, 3.63) is 66.0 Å². The summed E-state index contributed by atoms with van der Waals surface area (Å²) in [5.41, 5.74) is 1.22. The van der Waals surface area contributed by atoms with E-state index in [0.29, 0.717) is 25.3 Å². The van der Waals surface area contributed by atoms with Crippen LogP contribution in [-0.4, -0.2) is 68.4 Å². The number of halogens is 1. The summed E-state index contributed by atoms with van der Waals surface area (Å²) in [5.74, 6) is -0.465. The summed E-state index contributed by atoms with van der Waals surface area (Å²) >= 11 is 1.54. The number of nitrogens with one attached hydrogen (secondary N) is 1. The van der Waals surface area contributed by atoms with Crippen molar-refractivity contribution in [3.8, 4) is 0 Å². The van der Waals surface area contributed by atoms with Crippen LogP contribution in [0.5, 0.6) is 0 Å². The van der Waals surface area contributed by atoms with Crippen LogP contribution in [0.1, 0.15) is 18.4 Å². The number of carbonyl (C=O) groups excluding carboxylic acids is 1. The maximum absolute atomic E-state index is 14.1. The van der Waals surface area contributed by atoms with Crippen molar-refractivity contribution >= 4 is 27.7 Å². The van der Waals surface area contributed by atoms with Crippen molar-refractivity contribution in [1.29, 1.82) is 0 Å². The summed E-state index contributed by atoms with van der Waals surface area (Å²) in [6.07, 6.45) is 3.06. The number of benzene rings is 2. The highest BCUT2D eigenvalue weighted by Gasteiger charge is 2.31. The van der Waals surface area contributed by atoms with Gasteiger partial charge in [-0.2, -0.15) is 16.5 Å². The molecule has 0 radical (unpaired) electrons. The first-order valence-corrected chi connectivity index (χ1v) is 13.6. The largest absolute Gasteiger partial charge is 0.340 e. The average molecular weight is 480 g/mol. The van der Waals surface area contributed by atoms with Gasteiger partial charge in [0, 0.05) is 32.7 Å². The predicted octanol–water partition coefficient (Wildman–Crippen LogP) is 2.96. The summed E-state index contributed by atoms with van der Waals surface area (Å²) < 4.78 is 42.2. The van der Waals surface area contributed by atoms with Gasteiger partial charge in [-0.1, -0.05) is 42.5 Å². The molecule has 1 N–H and O–H groups in total. The maximum Gasteiger partial charge on any atom is 0.244 e. The van der Waals surface area contributed by atoms with Gasteiger partial charge in [0.2, 0.25) is 15.9 Å². The summed E-state index contributed by atoms with van der Waals surface area (Å²) in [6, 6.07) is 14.5. The van der Waals surface area contributed by atoms with E-state index in [1.807, 2.05) is 24.5 Å². The fourth-order valence-corrected chi connectivity index (χ4v) is 5.57. The van der Waals surface area contributed by atoms with E-state index in [1.54, 1.807) is 4.90 Å². The Labute approximate surface area is 194 Å². The second-order valence-corrected chi connectivity index (χ2v) is 10.5. The molecule has 1 fully saturated rings. The van der Waals surface area contributed by atoms with Crippen molar-refractivity contribution in [3.63, 3.8) is 0 Å². The molecular formula is C23H30FN3O3S2. The number of sulfonamides is 1. The average Bonchev–Trinajstić information content (AvgIpc) is 3.02. The van der Waals surface area contributed by atoms with Crippen molar-refractivity contribution in [2.24, 2.45) is 0 Å². The zero-order valence-corrected chi connectivity index (χ0v) is 19.9. The lowest BCUT2D eigenvalue weighted by molar-refractivity contribution is -0.132. The van der Waals surface area contributed by atoms with E-state index in [2.05, 4.69) is 21.8 Å². The third-order valence-corrected chi connectivity index (χ3v) is 7.63. The first-order valence-electron chi connectivity index (χ1n) is 10.7. The molecule has 0 aliphatic carbocycles. The van der Waals surface area contributed by atoms with E-state index in [-0.39, 0.29) is 5.91 Å². The molecule has 0 aromatic heterocycles. The maximum atomic E-state index is 14.1. The van der Waals surface area contributed by atoms with Crippen LogP contribution in [0.25, 0.3) is 0 Å². The number of thioether (sulfide) groups is 1. The Balaban J connectivity index is 1.68. The van der Waals surface area contributed by atoms with Gasteiger partial charge in [-0.05, 0) is 42.5 Å². The topological polar surface area (TPSA) is 69.7 Å². The Morgan fingerprint density at radius 3 is 2.50 bits per heavy atom. The standard InChI is InChI=1S/C23H30FN3O3S2/c1-31-17-12-21(25-32(29,30)22-11-6-5-10-20(22)24)23(28)27-14-7-13-26(15-16-27)18-19-8-3-2-4-9-19/h2-6,8-11,21,25H,7,12-18H2,1H3.